The number of amides is 2. The third-order valence-corrected chi connectivity index (χ3v) is 3.79. The van der Waals surface area contributed by atoms with Gasteiger partial charge in [0.1, 0.15) is 0 Å². The minimum absolute atomic E-state index is 0.242. The van der Waals surface area contributed by atoms with E-state index in [1.807, 2.05) is 66.7 Å². The molecule has 104 valence electrons. The second-order valence-electron chi connectivity index (χ2n) is 4.62. The second-order valence-corrected chi connectivity index (χ2v) is 5.86. The fraction of sp³-hybridized carbons (Fsp3) is 0. The van der Waals surface area contributed by atoms with Crippen LogP contribution in [0, 0.1) is 3.57 Å². The summed E-state index contributed by atoms with van der Waals surface area (Å²) in [6.45, 7) is 0. The van der Waals surface area contributed by atoms with Crippen molar-refractivity contribution in [2.75, 3.05) is 10.6 Å². The molecule has 0 aliphatic heterocycles. The van der Waals surface area contributed by atoms with Gasteiger partial charge in [-0.3, -0.25) is 0 Å². The van der Waals surface area contributed by atoms with Crippen molar-refractivity contribution in [3.05, 3.63) is 70.3 Å². The number of rotatable bonds is 2. The minimum atomic E-state index is -0.242. The first-order valence-corrected chi connectivity index (χ1v) is 7.61. The highest BCUT2D eigenvalue weighted by molar-refractivity contribution is 14.1. The standard InChI is InChI=1S/C17H13IN2O/c18-13-7-4-8-14(11-13)19-17(21)20-16-10-3-6-12-5-1-2-9-15(12)16/h1-11H,(H2,19,20,21). The second kappa shape index (κ2) is 6.13. The Morgan fingerprint density at radius 2 is 1.62 bits per heavy atom. The van der Waals surface area contributed by atoms with E-state index in [2.05, 4.69) is 33.2 Å². The highest BCUT2D eigenvalue weighted by atomic mass is 127. The van der Waals surface area contributed by atoms with Crippen molar-refractivity contribution < 1.29 is 4.79 Å². The van der Waals surface area contributed by atoms with Crippen LogP contribution < -0.4 is 10.6 Å². The van der Waals surface area contributed by atoms with E-state index in [1.54, 1.807) is 0 Å². The Kier molecular flexibility index (Phi) is 4.06. The number of anilines is 2. The number of carbonyl (C=O) groups is 1. The van der Waals surface area contributed by atoms with Gasteiger partial charge in [0.25, 0.3) is 0 Å². The Labute approximate surface area is 136 Å². The Balaban J connectivity index is 1.80. The molecule has 0 aliphatic carbocycles. The zero-order valence-corrected chi connectivity index (χ0v) is 13.3. The Hall–Kier alpha value is -2.08. The number of halogens is 1. The summed E-state index contributed by atoms with van der Waals surface area (Å²) in [6, 6.07) is 21.3. The summed E-state index contributed by atoms with van der Waals surface area (Å²) in [5, 5.41) is 7.87. The monoisotopic (exact) mass is 388 g/mol. The molecule has 2 N–H and O–H groups in total. The summed E-state index contributed by atoms with van der Waals surface area (Å²) in [7, 11) is 0. The zero-order chi connectivity index (χ0) is 14.7. The molecule has 0 heterocycles. The maximum absolute atomic E-state index is 12.1. The molecular formula is C17H13IN2O. The van der Waals surface area contributed by atoms with Crippen LogP contribution in [0.4, 0.5) is 16.2 Å². The minimum Gasteiger partial charge on any atom is -0.308 e. The molecule has 3 rings (SSSR count). The Bertz CT molecular complexity index is 796. The van der Waals surface area contributed by atoms with Crippen molar-refractivity contribution in [2.24, 2.45) is 0 Å². The fourth-order valence-electron chi connectivity index (χ4n) is 2.19. The molecule has 3 nitrogen and oxygen atoms in total. The van der Waals surface area contributed by atoms with Crippen LogP contribution in [0.25, 0.3) is 10.8 Å². The van der Waals surface area contributed by atoms with Gasteiger partial charge in [0.05, 0.1) is 5.69 Å². The number of hydrogen-bond donors (Lipinski definition) is 2. The van der Waals surface area contributed by atoms with Crippen molar-refractivity contribution in [3.8, 4) is 0 Å². The van der Waals surface area contributed by atoms with Gasteiger partial charge < -0.3 is 10.6 Å². The molecule has 0 radical (unpaired) electrons. The van der Waals surface area contributed by atoms with Gasteiger partial charge >= 0.3 is 6.03 Å². The van der Waals surface area contributed by atoms with Gasteiger partial charge in [0.2, 0.25) is 0 Å². The van der Waals surface area contributed by atoms with Gasteiger partial charge in [0.15, 0.2) is 0 Å². The Morgan fingerprint density at radius 1 is 0.857 bits per heavy atom. The van der Waals surface area contributed by atoms with E-state index >= 15 is 0 Å². The molecule has 0 bridgehead atoms. The molecule has 0 unspecified atom stereocenters. The first-order chi connectivity index (χ1) is 10.2. The lowest BCUT2D eigenvalue weighted by Gasteiger charge is -2.10. The molecular weight excluding hydrogens is 375 g/mol. The van der Waals surface area contributed by atoms with E-state index < -0.39 is 0 Å². The molecule has 0 fully saturated rings. The quantitative estimate of drug-likeness (QED) is 0.590. The van der Waals surface area contributed by atoms with Crippen LogP contribution in [0.3, 0.4) is 0 Å². The lowest BCUT2D eigenvalue weighted by Crippen LogP contribution is -2.19. The number of urea groups is 1. The molecule has 0 saturated heterocycles. The predicted octanol–water partition coefficient (Wildman–Crippen LogP) is 5.09. The van der Waals surface area contributed by atoms with Crippen LogP contribution in [0.2, 0.25) is 0 Å². The third kappa shape index (κ3) is 3.33. The van der Waals surface area contributed by atoms with Crippen LogP contribution in [0.15, 0.2) is 66.7 Å². The van der Waals surface area contributed by atoms with Crippen molar-refractivity contribution in [3.63, 3.8) is 0 Å². The number of carbonyl (C=O) groups excluding carboxylic acids is 1. The first-order valence-electron chi connectivity index (χ1n) is 6.54. The first kappa shape index (κ1) is 13.9. The zero-order valence-electron chi connectivity index (χ0n) is 11.1. The van der Waals surface area contributed by atoms with Crippen LogP contribution in [-0.2, 0) is 0 Å². The molecule has 3 aromatic rings. The van der Waals surface area contributed by atoms with Gasteiger partial charge in [-0.15, -0.1) is 0 Å². The molecule has 0 saturated carbocycles. The summed E-state index contributed by atoms with van der Waals surface area (Å²) >= 11 is 2.22. The van der Waals surface area contributed by atoms with Gasteiger partial charge in [-0.2, -0.15) is 0 Å². The summed E-state index contributed by atoms with van der Waals surface area (Å²) < 4.78 is 1.08. The van der Waals surface area contributed by atoms with E-state index in [4.69, 9.17) is 0 Å². The fourth-order valence-corrected chi connectivity index (χ4v) is 2.73. The SMILES string of the molecule is O=C(Nc1cccc(I)c1)Nc1cccc2ccccc12. The van der Waals surface area contributed by atoms with Crippen molar-refractivity contribution in [1.82, 2.24) is 0 Å². The van der Waals surface area contributed by atoms with Crippen molar-refractivity contribution >= 4 is 50.8 Å². The van der Waals surface area contributed by atoms with Gasteiger partial charge in [-0.05, 0) is 52.2 Å². The van der Waals surface area contributed by atoms with Gasteiger partial charge in [0, 0.05) is 14.6 Å². The number of fused-ring (bicyclic) bond motifs is 1. The summed E-state index contributed by atoms with van der Waals surface area (Å²) in [6.07, 6.45) is 0. The van der Waals surface area contributed by atoms with Crippen molar-refractivity contribution in [2.45, 2.75) is 0 Å². The van der Waals surface area contributed by atoms with Gasteiger partial charge in [-0.1, -0.05) is 42.5 Å². The molecule has 2 amide bonds. The maximum atomic E-state index is 12.1. The summed E-state index contributed by atoms with van der Waals surface area (Å²) in [4.78, 5) is 12.1. The lowest BCUT2D eigenvalue weighted by atomic mass is 10.1. The average Bonchev–Trinajstić information content (AvgIpc) is 2.47. The Morgan fingerprint density at radius 3 is 2.48 bits per heavy atom. The number of benzene rings is 3. The largest absolute Gasteiger partial charge is 0.323 e. The number of nitrogens with one attached hydrogen (secondary N) is 2. The summed E-state index contributed by atoms with van der Waals surface area (Å²) in [5.41, 5.74) is 1.58. The topological polar surface area (TPSA) is 41.1 Å². The molecule has 3 aromatic carbocycles. The third-order valence-electron chi connectivity index (χ3n) is 3.12. The predicted molar refractivity (Wildman–Crippen MR) is 95.7 cm³/mol. The van der Waals surface area contributed by atoms with E-state index in [-0.39, 0.29) is 6.03 Å². The molecule has 0 aromatic heterocycles. The highest BCUT2D eigenvalue weighted by Crippen LogP contribution is 2.23. The van der Waals surface area contributed by atoms with E-state index in [1.165, 1.54) is 0 Å². The average molecular weight is 388 g/mol. The van der Waals surface area contributed by atoms with Crippen LogP contribution >= 0.6 is 22.6 Å². The molecule has 0 spiro atoms. The van der Waals surface area contributed by atoms with Crippen LogP contribution in [0.1, 0.15) is 0 Å². The maximum Gasteiger partial charge on any atom is 0.323 e. The normalized spacial score (nSPS) is 10.3. The van der Waals surface area contributed by atoms with Crippen LogP contribution in [0.5, 0.6) is 0 Å². The summed E-state index contributed by atoms with van der Waals surface area (Å²) in [5.74, 6) is 0. The molecule has 0 atom stereocenters. The molecule has 4 heteroatoms. The lowest BCUT2D eigenvalue weighted by molar-refractivity contribution is 0.262. The van der Waals surface area contributed by atoms with E-state index in [0.29, 0.717) is 0 Å². The highest BCUT2D eigenvalue weighted by Gasteiger charge is 2.05. The smallest absolute Gasteiger partial charge is 0.308 e. The number of hydrogen-bond acceptors (Lipinski definition) is 1. The van der Waals surface area contributed by atoms with E-state index in [9.17, 15) is 4.79 Å². The van der Waals surface area contributed by atoms with Crippen molar-refractivity contribution in [1.29, 1.82) is 0 Å². The van der Waals surface area contributed by atoms with Crippen LogP contribution in [-0.4, -0.2) is 6.03 Å². The van der Waals surface area contributed by atoms with E-state index in [0.717, 1.165) is 25.7 Å². The van der Waals surface area contributed by atoms with Gasteiger partial charge in [-0.25, -0.2) is 4.79 Å². The molecule has 0 aliphatic rings. The molecule has 21 heavy (non-hydrogen) atoms.